The van der Waals surface area contributed by atoms with Crippen LogP contribution in [-0.4, -0.2) is 0 Å². The van der Waals surface area contributed by atoms with E-state index in [2.05, 4.69) is 301 Å². The third-order valence-corrected chi connectivity index (χ3v) is 15.9. The lowest BCUT2D eigenvalue weighted by Crippen LogP contribution is -2.11. The van der Waals surface area contributed by atoms with Crippen LogP contribution in [0, 0.1) is 0 Å². The number of thiophene rings is 1. The molecule has 0 N–H and O–H groups in total. The minimum absolute atomic E-state index is 1.08. The van der Waals surface area contributed by atoms with Crippen molar-refractivity contribution >= 4 is 98.0 Å². The molecule has 75 heavy (non-hydrogen) atoms. The van der Waals surface area contributed by atoms with Gasteiger partial charge in [0.2, 0.25) is 0 Å². The van der Waals surface area contributed by atoms with Gasteiger partial charge in [0.15, 0.2) is 0 Å². The molecule has 0 saturated heterocycles. The molecule has 0 spiro atoms. The third-order valence-electron chi connectivity index (χ3n) is 14.8. The summed E-state index contributed by atoms with van der Waals surface area (Å²) in [6, 6.07) is 107. The molecule has 1 aromatic heterocycles. The topological polar surface area (TPSA) is 6.48 Å². The van der Waals surface area contributed by atoms with E-state index in [1.807, 2.05) is 11.3 Å². The summed E-state index contributed by atoms with van der Waals surface area (Å²) in [7, 11) is 0. The lowest BCUT2D eigenvalue weighted by molar-refractivity contribution is 1.29. The summed E-state index contributed by atoms with van der Waals surface area (Å²) in [5.41, 5.74) is 16.1. The predicted molar refractivity (Wildman–Crippen MR) is 323 cm³/mol. The van der Waals surface area contributed by atoms with E-state index in [1.165, 1.54) is 85.9 Å². The van der Waals surface area contributed by atoms with Gasteiger partial charge in [-0.15, -0.1) is 11.3 Å². The third kappa shape index (κ3) is 8.26. The Morgan fingerprint density at radius 3 is 1.32 bits per heavy atom. The van der Waals surface area contributed by atoms with E-state index in [4.69, 9.17) is 0 Å². The number of rotatable bonds is 10. The van der Waals surface area contributed by atoms with Crippen molar-refractivity contribution in [1.82, 2.24) is 0 Å². The molecule has 0 saturated carbocycles. The maximum Gasteiger partial charge on any atom is 0.0540 e. The number of hydrogen-bond acceptors (Lipinski definition) is 3. The van der Waals surface area contributed by atoms with Crippen LogP contribution in [0.3, 0.4) is 0 Å². The zero-order valence-electron chi connectivity index (χ0n) is 41.0. The van der Waals surface area contributed by atoms with E-state index < -0.39 is 0 Å². The molecule has 0 aliphatic rings. The van der Waals surface area contributed by atoms with Crippen LogP contribution < -0.4 is 9.80 Å². The highest BCUT2D eigenvalue weighted by atomic mass is 32.1. The molecule has 0 radical (unpaired) electrons. The second-order valence-corrected chi connectivity index (χ2v) is 20.4. The summed E-state index contributed by atoms with van der Waals surface area (Å²) in [5, 5.41) is 9.86. The van der Waals surface area contributed by atoms with Gasteiger partial charge in [0.25, 0.3) is 0 Å². The van der Waals surface area contributed by atoms with Crippen molar-refractivity contribution < 1.29 is 0 Å². The molecule has 13 aromatic carbocycles. The maximum absolute atomic E-state index is 2.44. The van der Waals surface area contributed by atoms with Crippen LogP contribution >= 0.6 is 11.3 Å². The minimum Gasteiger partial charge on any atom is -0.310 e. The fourth-order valence-electron chi connectivity index (χ4n) is 11.1. The van der Waals surface area contributed by atoms with Crippen LogP contribution in [0.2, 0.25) is 0 Å². The van der Waals surface area contributed by atoms with Gasteiger partial charge < -0.3 is 9.80 Å². The molecule has 0 aliphatic heterocycles. The molecular weight excluding hydrogens is 925 g/mol. The first-order chi connectivity index (χ1) is 37.1. The highest BCUT2D eigenvalue weighted by molar-refractivity contribution is 7.25. The van der Waals surface area contributed by atoms with E-state index in [-0.39, 0.29) is 0 Å². The smallest absolute Gasteiger partial charge is 0.0540 e. The van der Waals surface area contributed by atoms with Gasteiger partial charge in [-0.1, -0.05) is 212 Å². The van der Waals surface area contributed by atoms with E-state index in [1.54, 1.807) is 0 Å². The van der Waals surface area contributed by atoms with Gasteiger partial charge in [-0.05, 0) is 150 Å². The van der Waals surface area contributed by atoms with E-state index in [9.17, 15) is 0 Å². The molecule has 2 nitrogen and oxygen atoms in total. The Morgan fingerprint density at radius 1 is 0.213 bits per heavy atom. The van der Waals surface area contributed by atoms with Gasteiger partial charge in [0.1, 0.15) is 0 Å². The van der Waals surface area contributed by atoms with Crippen LogP contribution in [0.25, 0.3) is 97.0 Å². The Kier molecular flexibility index (Phi) is 11.1. The monoisotopic (exact) mass is 972 g/mol. The van der Waals surface area contributed by atoms with E-state index in [0.29, 0.717) is 0 Å². The Bertz CT molecular complexity index is 4420. The number of fused-ring (bicyclic) bond motifs is 6. The standard InChI is InChI=1S/C72H48N2S/c1-2-14-49(15-3-1)52-28-30-53(31-29-52)54-32-37-60(38-33-54)73(63-39-34-50-16-4-6-18-55(50)44-63)61-22-12-20-57(46-61)58-21-13-23-62(47-58)74(64-40-35-51-17-5-7-19-56(51)45-64)70-43-42-65(66-24-8-9-25-67(66)70)59-36-41-69-68-26-10-11-27-71(68)75-72(69)48-59/h1-48H. The normalized spacial score (nSPS) is 11.5. The summed E-state index contributed by atoms with van der Waals surface area (Å²) in [4.78, 5) is 4.83. The average Bonchev–Trinajstić information content (AvgIpc) is 3.86. The highest BCUT2D eigenvalue weighted by Crippen LogP contribution is 2.46. The molecule has 0 aliphatic carbocycles. The summed E-state index contributed by atoms with van der Waals surface area (Å²) in [6.07, 6.45) is 0. The van der Waals surface area contributed by atoms with Crippen molar-refractivity contribution in [3.63, 3.8) is 0 Å². The van der Waals surface area contributed by atoms with Crippen molar-refractivity contribution in [3.8, 4) is 44.5 Å². The molecule has 3 heteroatoms. The minimum atomic E-state index is 1.08. The number of nitrogens with zero attached hydrogens (tertiary/aromatic N) is 2. The van der Waals surface area contributed by atoms with Gasteiger partial charge in [-0.3, -0.25) is 0 Å². The van der Waals surface area contributed by atoms with Gasteiger partial charge in [-0.25, -0.2) is 0 Å². The SMILES string of the molecule is c1ccc(-c2ccc(-c3ccc(N(c4cccc(-c5cccc(N(c6ccc7ccccc7c6)c6ccc(-c7ccc8c(c7)sc7ccccc78)c7ccccc67)c5)c4)c4ccc5ccccc5c4)cc3)cc2)cc1. The molecule has 0 unspecified atom stereocenters. The molecule has 0 amide bonds. The van der Waals surface area contributed by atoms with Crippen LogP contribution in [0.1, 0.15) is 0 Å². The molecule has 0 atom stereocenters. The first-order valence-electron chi connectivity index (χ1n) is 25.6. The molecule has 1 heterocycles. The second-order valence-electron chi connectivity index (χ2n) is 19.3. The number of hydrogen-bond donors (Lipinski definition) is 0. The summed E-state index contributed by atoms with van der Waals surface area (Å²) < 4.78 is 2.62. The Hall–Kier alpha value is -9.54. The van der Waals surface area contributed by atoms with E-state index >= 15 is 0 Å². The number of anilines is 6. The maximum atomic E-state index is 2.44. The summed E-state index contributed by atoms with van der Waals surface area (Å²) in [6.45, 7) is 0. The zero-order chi connectivity index (χ0) is 49.7. The molecule has 352 valence electrons. The predicted octanol–water partition coefficient (Wildman–Crippen LogP) is 21.1. The van der Waals surface area contributed by atoms with Gasteiger partial charge >= 0.3 is 0 Å². The molecular formula is C72H48N2S. The van der Waals surface area contributed by atoms with E-state index in [0.717, 1.165) is 45.3 Å². The summed E-state index contributed by atoms with van der Waals surface area (Å²) >= 11 is 1.87. The van der Waals surface area contributed by atoms with Crippen molar-refractivity contribution in [2.45, 2.75) is 0 Å². The molecule has 14 rings (SSSR count). The van der Waals surface area contributed by atoms with Gasteiger partial charge in [-0.2, -0.15) is 0 Å². The highest BCUT2D eigenvalue weighted by Gasteiger charge is 2.20. The van der Waals surface area contributed by atoms with Crippen molar-refractivity contribution in [1.29, 1.82) is 0 Å². The fourth-order valence-corrected chi connectivity index (χ4v) is 12.2. The van der Waals surface area contributed by atoms with Crippen LogP contribution in [0.5, 0.6) is 0 Å². The Labute approximate surface area is 440 Å². The van der Waals surface area contributed by atoms with Crippen LogP contribution in [0.4, 0.5) is 34.1 Å². The number of benzene rings is 13. The van der Waals surface area contributed by atoms with Crippen molar-refractivity contribution in [2.75, 3.05) is 9.80 Å². The molecule has 14 aromatic rings. The van der Waals surface area contributed by atoms with Crippen molar-refractivity contribution in [2.24, 2.45) is 0 Å². The fraction of sp³-hybridized carbons (Fsp3) is 0. The molecule has 0 fully saturated rings. The van der Waals surface area contributed by atoms with Gasteiger partial charge in [0, 0.05) is 54.0 Å². The zero-order valence-corrected chi connectivity index (χ0v) is 41.8. The average molecular weight is 973 g/mol. The lowest BCUT2D eigenvalue weighted by Gasteiger charge is -2.28. The van der Waals surface area contributed by atoms with Crippen LogP contribution in [0.15, 0.2) is 291 Å². The van der Waals surface area contributed by atoms with Gasteiger partial charge in [0.05, 0.1) is 5.69 Å². The largest absolute Gasteiger partial charge is 0.310 e. The molecule has 0 bridgehead atoms. The quantitative estimate of drug-likeness (QED) is 0.135. The first kappa shape index (κ1) is 44.2. The van der Waals surface area contributed by atoms with Crippen molar-refractivity contribution in [3.05, 3.63) is 291 Å². The Balaban J connectivity index is 0.865. The first-order valence-corrected chi connectivity index (χ1v) is 26.4. The summed E-state index contributed by atoms with van der Waals surface area (Å²) in [5.74, 6) is 0. The Morgan fingerprint density at radius 2 is 0.667 bits per heavy atom. The van der Waals surface area contributed by atoms with Crippen LogP contribution in [-0.2, 0) is 0 Å². The lowest BCUT2D eigenvalue weighted by atomic mass is 9.95. The second kappa shape index (κ2) is 18.8.